The Bertz CT molecular complexity index is 1340. The number of fused-ring (bicyclic) bond motifs is 1. The molecule has 0 radical (unpaired) electrons. The Morgan fingerprint density at radius 3 is 2.59 bits per heavy atom. The number of anilines is 2. The predicted octanol–water partition coefficient (Wildman–Crippen LogP) is 2.92. The number of rotatable bonds is 7. The summed E-state index contributed by atoms with van der Waals surface area (Å²) in [6, 6.07) is 17.0. The molecule has 0 fully saturated rings. The van der Waals surface area contributed by atoms with Crippen molar-refractivity contribution in [1.82, 2.24) is 14.5 Å². The number of thioether (sulfide) groups is 1. The third kappa shape index (κ3) is 4.46. The molecule has 2 aromatic carbocycles. The van der Waals surface area contributed by atoms with Gasteiger partial charge in [0.05, 0.1) is 22.5 Å². The lowest BCUT2D eigenvalue weighted by molar-refractivity contribution is -0.116. The summed E-state index contributed by atoms with van der Waals surface area (Å²) in [7, 11) is 0. The van der Waals surface area contributed by atoms with E-state index >= 15 is 0 Å². The third-order valence-corrected chi connectivity index (χ3v) is 7.04. The molecule has 0 aliphatic carbocycles. The maximum Gasteiger partial charge on any atom is 0.330 e. The van der Waals surface area contributed by atoms with Gasteiger partial charge in [-0.3, -0.25) is 19.1 Å². The van der Waals surface area contributed by atoms with E-state index in [1.165, 1.54) is 32.6 Å². The van der Waals surface area contributed by atoms with Crippen LogP contribution in [0.4, 0.5) is 11.5 Å². The molecule has 1 amide bonds. The molecule has 0 atom stereocenters. The van der Waals surface area contributed by atoms with Gasteiger partial charge in [0, 0.05) is 6.54 Å². The van der Waals surface area contributed by atoms with Crippen LogP contribution < -0.4 is 21.9 Å². The number of hydrogen-bond donors (Lipinski definition) is 2. The number of benzene rings is 2. The fourth-order valence-electron chi connectivity index (χ4n) is 3.33. The number of aromatic nitrogens is 3. The van der Waals surface area contributed by atoms with Crippen molar-refractivity contribution in [2.75, 3.05) is 22.9 Å². The first-order chi connectivity index (χ1) is 15.5. The van der Waals surface area contributed by atoms with Crippen LogP contribution in [0.15, 0.2) is 68.5 Å². The van der Waals surface area contributed by atoms with Gasteiger partial charge >= 0.3 is 5.69 Å². The van der Waals surface area contributed by atoms with Crippen LogP contribution in [0.3, 0.4) is 0 Å². The van der Waals surface area contributed by atoms with Crippen molar-refractivity contribution < 1.29 is 4.79 Å². The van der Waals surface area contributed by atoms with Gasteiger partial charge in [0.2, 0.25) is 5.91 Å². The van der Waals surface area contributed by atoms with E-state index in [4.69, 9.17) is 5.73 Å². The summed E-state index contributed by atoms with van der Waals surface area (Å²) in [5.74, 6) is -0.244. The molecule has 164 valence electrons. The minimum Gasteiger partial charge on any atom is -0.383 e. The fourth-order valence-corrected chi connectivity index (χ4v) is 5.28. The van der Waals surface area contributed by atoms with E-state index in [0.717, 1.165) is 20.1 Å². The molecule has 0 bridgehead atoms. The van der Waals surface area contributed by atoms with Gasteiger partial charge in [-0.15, -0.1) is 11.3 Å². The first-order valence-electron chi connectivity index (χ1n) is 9.93. The van der Waals surface area contributed by atoms with Gasteiger partial charge in [0.25, 0.3) is 5.56 Å². The topological polar surface area (TPSA) is 114 Å². The lowest BCUT2D eigenvalue weighted by Gasteiger charge is -2.23. The summed E-state index contributed by atoms with van der Waals surface area (Å²) in [5.41, 5.74) is 6.65. The maximum absolute atomic E-state index is 13.0. The van der Waals surface area contributed by atoms with Crippen molar-refractivity contribution in [3.63, 3.8) is 0 Å². The van der Waals surface area contributed by atoms with E-state index in [1.54, 1.807) is 6.92 Å². The molecular weight excluding hydrogens is 446 g/mol. The molecule has 32 heavy (non-hydrogen) atoms. The Morgan fingerprint density at radius 2 is 1.88 bits per heavy atom. The highest BCUT2D eigenvalue weighted by Crippen LogP contribution is 2.30. The van der Waals surface area contributed by atoms with E-state index in [-0.39, 0.29) is 36.3 Å². The Hall–Kier alpha value is -3.37. The number of nitrogens with zero attached hydrogens (tertiary/aromatic N) is 3. The standard InChI is InChI=1S/C22H21N5O3S2/c1-2-26(17(28)13-31-22-24-15-10-6-7-11-16(15)32-22)18-19(23)27(21(30)25-20(18)29)12-14-8-4-3-5-9-14/h3-11H,2,12-13,23H2,1H3,(H,25,29,30). The van der Waals surface area contributed by atoms with Crippen LogP contribution in [0.25, 0.3) is 10.2 Å². The number of nitrogen functional groups attached to an aromatic ring is 1. The second-order valence-electron chi connectivity index (χ2n) is 6.94. The summed E-state index contributed by atoms with van der Waals surface area (Å²) in [5, 5.41) is 0. The quantitative estimate of drug-likeness (QED) is 0.404. The Labute approximate surface area is 191 Å². The number of carbonyl (C=O) groups is 1. The van der Waals surface area contributed by atoms with Crippen molar-refractivity contribution in [2.45, 2.75) is 17.8 Å². The molecule has 0 saturated heterocycles. The molecule has 0 aliphatic rings. The first kappa shape index (κ1) is 21.8. The number of aromatic amines is 1. The normalized spacial score (nSPS) is 11.0. The molecule has 4 rings (SSSR count). The second kappa shape index (κ2) is 9.41. The highest BCUT2D eigenvalue weighted by molar-refractivity contribution is 8.01. The van der Waals surface area contributed by atoms with E-state index in [1.807, 2.05) is 54.6 Å². The molecule has 4 aromatic rings. The molecule has 0 spiro atoms. The van der Waals surface area contributed by atoms with E-state index in [9.17, 15) is 14.4 Å². The number of nitrogens with two attached hydrogens (primary N) is 1. The molecule has 0 aliphatic heterocycles. The Balaban J connectivity index is 1.59. The monoisotopic (exact) mass is 467 g/mol. The largest absolute Gasteiger partial charge is 0.383 e. The molecule has 8 nitrogen and oxygen atoms in total. The van der Waals surface area contributed by atoms with Crippen molar-refractivity contribution in [3.8, 4) is 0 Å². The van der Waals surface area contributed by atoms with Gasteiger partial charge in [0.15, 0.2) is 10.0 Å². The van der Waals surface area contributed by atoms with Crippen molar-refractivity contribution >= 4 is 50.7 Å². The van der Waals surface area contributed by atoms with Crippen LogP contribution in [-0.4, -0.2) is 32.7 Å². The SMILES string of the molecule is CCN(C(=O)CSc1nc2ccccc2s1)c1c(N)n(Cc2ccccc2)c(=O)[nH]c1=O. The summed E-state index contributed by atoms with van der Waals surface area (Å²) < 4.78 is 3.08. The van der Waals surface area contributed by atoms with Gasteiger partial charge in [-0.05, 0) is 24.6 Å². The highest BCUT2D eigenvalue weighted by Gasteiger charge is 2.23. The van der Waals surface area contributed by atoms with Crippen LogP contribution in [0, 0.1) is 0 Å². The fraction of sp³-hybridized carbons (Fsp3) is 0.182. The van der Waals surface area contributed by atoms with Crippen LogP contribution in [0.1, 0.15) is 12.5 Å². The lowest BCUT2D eigenvalue weighted by Crippen LogP contribution is -2.41. The molecule has 0 unspecified atom stereocenters. The zero-order valence-electron chi connectivity index (χ0n) is 17.3. The van der Waals surface area contributed by atoms with Gasteiger partial charge < -0.3 is 10.6 Å². The van der Waals surface area contributed by atoms with Gasteiger partial charge in [0.1, 0.15) is 5.82 Å². The number of para-hydroxylation sites is 1. The molecule has 2 aromatic heterocycles. The van der Waals surface area contributed by atoms with E-state index in [2.05, 4.69) is 9.97 Å². The Morgan fingerprint density at radius 1 is 1.16 bits per heavy atom. The van der Waals surface area contributed by atoms with Crippen molar-refractivity contribution in [2.24, 2.45) is 0 Å². The summed E-state index contributed by atoms with van der Waals surface area (Å²) in [4.78, 5) is 46.1. The highest BCUT2D eigenvalue weighted by atomic mass is 32.2. The van der Waals surface area contributed by atoms with Gasteiger partial charge in [-0.1, -0.05) is 54.2 Å². The average Bonchev–Trinajstić information content (AvgIpc) is 3.21. The molecule has 3 N–H and O–H groups in total. The number of thiazole rings is 1. The first-order valence-corrected chi connectivity index (χ1v) is 11.7. The maximum atomic E-state index is 13.0. The number of amides is 1. The lowest BCUT2D eigenvalue weighted by atomic mass is 10.2. The third-order valence-electron chi connectivity index (χ3n) is 4.88. The van der Waals surface area contributed by atoms with Gasteiger partial charge in [-0.25, -0.2) is 9.78 Å². The minimum absolute atomic E-state index is 0.0158. The predicted molar refractivity (Wildman–Crippen MR) is 130 cm³/mol. The second-order valence-corrected chi connectivity index (χ2v) is 9.19. The zero-order valence-corrected chi connectivity index (χ0v) is 18.9. The van der Waals surface area contributed by atoms with Crippen LogP contribution in [-0.2, 0) is 11.3 Å². The van der Waals surface area contributed by atoms with Crippen LogP contribution in [0.5, 0.6) is 0 Å². The van der Waals surface area contributed by atoms with Gasteiger partial charge in [-0.2, -0.15) is 0 Å². The molecule has 10 heteroatoms. The summed E-state index contributed by atoms with van der Waals surface area (Å²) in [6.07, 6.45) is 0. The smallest absolute Gasteiger partial charge is 0.330 e. The summed E-state index contributed by atoms with van der Waals surface area (Å²) >= 11 is 2.82. The number of carbonyl (C=O) groups excluding carboxylic acids is 1. The molecule has 2 heterocycles. The van der Waals surface area contributed by atoms with Crippen LogP contribution in [0.2, 0.25) is 0 Å². The average molecular weight is 468 g/mol. The molecular formula is C22H21N5O3S2. The summed E-state index contributed by atoms with van der Waals surface area (Å²) in [6.45, 7) is 2.17. The van der Waals surface area contributed by atoms with Crippen molar-refractivity contribution in [3.05, 3.63) is 81.0 Å². The van der Waals surface area contributed by atoms with E-state index < -0.39 is 11.2 Å². The number of hydrogen-bond acceptors (Lipinski definition) is 7. The van der Waals surface area contributed by atoms with E-state index in [0.29, 0.717) is 0 Å². The molecule has 0 saturated carbocycles. The van der Waals surface area contributed by atoms with Crippen LogP contribution >= 0.6 is 23.1 Å². The minimum atomic E-state index is -0.683. The Kier molecular flexibility index (Phi) is 6.42. The number of H-pyrrole nitrogens is 1. The zero-order chi connectivity index (χ0) is 22.7. The number of nitrogens with one attached hydrogen (secondary N) is 1. The van der Waals surface area contributed by atoms with Crippen molar-refractivity contribution in [1.29, 1.82) is 0 Å².